The Kier molecular flexibility index (Phi) is 3.57. The van der Waals surface area contributed by atoms with Gasteiger partial charge in [-0.25, -0.2) is 0 Å². The normalized spacial score (nSPS) is 54.9. The smallest absolute Gasteiger partial charge is 0.0789 e. The van der Waals surface area contributed by atoms with E-state index in [0.717, 1.165) is 32.1 Å². The molecule has 4 aliphatic carbocycles. The van der Waals surface area contributed by atoms with Crippen molar-refractivity contribution < 1.29 is 14.9 Å². The molecule has 3 heteroatoms. The molecule has 2 fully saturated rings. The van der Waals surface area contributed by atoms with E-state index in [0.29, 0.717) is 17.8 Å². The van der Waals surface area contributed by atoms with Crippen LogP contribution in [0, 0.1) is 28.6 Å². The highest BCUT2D eigenvalue weighted by Crippen LogP contribution is 2.64. The van der Waals surface area contributed by atoms with Gasteiger partial charge >= 0.3 is 0 Å². The van der Waals surface area contributed by atoms with Crippen LogP contribution in [0.2, 0.25) is 0 Å². The molecule has 3 unspecified atom stereocenters. The van der Waals surface area contributed by atoms with Crippen molar-refractivity contribution in [1.82, 2.24) is 0 Å². The number of hydrogen-bond donors (Lipinski definition) is 2. The van der Waals surface area contributed by atoms with E-state index in [-0.39, 0.29) is 29.1 Å². The highest BCUT2D eigenvalue weighted by molar-refractivity contribution is 5.34. The van der Waals surface area contributed by atoms with Crippen molar-refractivity contribution in [3.05, 3.63) is 23.8 Å². The van der Waals surface area contributed by atoms with Gasteiger partial charge in [-0.3, -0.25) is 0 Å². The number of aliphatic hydroxyl groups excluding tert-OH is 2. The van der Waals surface area contributed by atoms with Gasteiger partial charge in [-0.1, -0.05) is 37.6 Å². The van der Waals surface area contributed by atoms with Crippen LogP contribution in [0.25, 0.3) is 0 Å². The van der Waals surface area contributed by atoms with Crippen LogP contribution in [-0.4, -0.2) is 35.6 Å². The second-order valence-electron chi connectivity index (χ2n) is 8.73. The zero-order valence-corrected chi connectivity index (χ0v) is 14.5. The molecule has 0 aromatic heterocycles. The molecule has 128 valence electrons. The topological polar surface area (TPSA) is 49.7 Å². The SMILES string of the molecule is COC1C=C2CC(O)C=C[C@]2(C)[C@@H]2CC[C@]3(C)C(O)CC[C@H]3[C@H]12. The third-order valence-corrected chi connectivity index (χ3v) is 7.86. The van der Waals surface area contributed by atoms with Crippen molar-refractivity contribution in [2.45, 2.75) is 64.3 Å². The van der Waals surface area contributed by atoms with Crippen molar-refractivity contribution in [3.8, 4) is 0 Å². The molecule has 0 spiro atoms. The number of aliphatic hydroxyl groups is 2. The molecule has 8 atom stereocenters. The van der Waals surface area contributed by atoms with Crippen molar-refractivity contribution >= 4 is 0 Å². The second kappa shape index (κ2) is 5.18. The molecule has 2 N–H and O–H groups in total. The Balaban J connectivity index is 1.78. The first-order valence-electron chi connectivity index (χ1n) is 9.19. The van der Waals surface area contributed by atoms with Gasteiger partial charge in [-0.2, -0.15) is 0 Å². The molecule has 0 aliphatic heterocycles. The van der Waals surface area contributed by atoms with E-state index in [9.17, 15) is 10.2 Å². The second-order valence-corrected chi connectivity index (χ2v) is 8.73. The molecule has 0 aromatic carbocycles. The van der Waals surface area contributed by atoms with Crippen molar-refractivity contribution in [2.24, 2.45) is 28.6 Å². The summed E-state index contributed by atoms with van der Waals surface area (Å²) in [5, 5.41) is 20.6. The van der Waals surface area contributed by atoms with Gasteiger partial charge in [0.25, 0.3) is 0 Å². The van der Waals surface area contributed by atoms with Crippen LogP contribution in [0.5, 0.6) is 0 Å². The highest BCUT2D eigenvalue weighted by Gasteiger charge is 2.60. The molecular formula is C20H30O3. The minimum absolute atomic E-state index is 0.0494. The first-order chi connectivity index (χ1) is 10.9. The van der Waals surface area contributed by atoms with Crippen LogP contribution < -0.4 is 0 Å². The minimum atomic E-state index is -0.356. The standard InChI is InChI=1S/C20H30O3/c1-19-8-6-13(21)10-12(19)11-16(23-3)18-14-4-5-17(22)20(14,2)9-7-15(18)19/h6,8,11,13-18,21-22H,4-5,7,9-10H2,1-3H3/t13?,14-,15+,16?,17?,18-,19-,20-/m0/s1. The maximum atomic E-state index is 10.6. The summed E-state index contributed by atoms with van der Waals surface area (Å²) < 4.78 is 5.91. The summed E-state index contributed by atoms with van der Waals surface area (Å²) in [6.07, 6.45) is 11.2. The molecule has 23 heavy (non-hydrogen) atoms. The summed E-state index contributed by atoms with van der Waals surface area (Å²) in [5.41, 5.74) is 1.45. The molecule has 2 saturated carbocycles. The average molecular weight is 318 g/mol. The van der Waals surface area contributed by atoms with E-state index in [1.807, 2.05) is 13.2 Å². The first kappa shape index (κ1) is 15.9. The highest BCUT2D eigenvalue weighted by atomic mass is 16.5. The van der Waals surface area contributed by atoms with Crippen molar-refractivity contribution in [2.75, 3.05) is 7.11 Å². The lowest BCUT2D eigenvalue weighted by Crippen LogP contribution is -2.54. The van der Waals surface area contributed by atoms with E-state index in [1.54, 1.807) is 0 Å². The molecule has 0 amide bonds. The molecule has 4 aliphatic rings. The van der Waals surface area contributed by atoms with Crippen LogP contribution in [0.4, 0.5) is 0 Å². The maximum Gasteiger partial charge on any atom is 0.0789 e. The van der Waals surface area contributed by atoms with Crippen LogP contribution >= 0.6 is 0 Å². The van der Waals surface area contributed by atoms with Crippen LogP contribution in [-0.2, 0) is 4.74 Å². The van der Waals surface area contributed by atoms with E-state index < -0.39 is 0 Å². The summed E-state index contributed by atoms with van der Waals surface area (Å²) in [5.74, 6) is 1.57. The Morgan fingerprint density at radius 1 is 1.13 bits per heavy atom. The summed E-state index contributed by atoms with van der Waals surface area (Å²) >= 11 is 0. The molecule has 4 rings (SSSR count). The monoisotopic (exact) mass is 318 g/mol. The third kappa shape index (κ3) is 2.06. The Morgan fingerprint density at radius 2 is 1.91 bits per heavy atom. The zero-order chi connectivity index (χ0) is 16.4. The van der Waals surface area contributed by atoms with Gasteiger partial charge in [0.1, 0.15) is 0 Å². The number of fused-ring (bicyclic) bond motifs is 5. The molecule has 0 radical (unpaired) electrons. The predicted molar refractivity (Wildman–Crippen MR) is 89.8 cm³/mol. The Labute approximate surface area is 139 Å². The number of hydrogen-bond acceptors (Lipinski definition) is 3. The molecule has 0 saturated heterocycles. The third-order valence-electron chi connectivity index (χ3n) is 7.86. The van der Waals surface area contributed by atoms with E-state index in [4.69, 9.17) is 4.74 Å². The fourth-order valence-corrected chi connectivity index (χ4v) is 6.40. The van der Waals surface area contributed by atoms with Crippen molar-refractivity contribution in [1.29, 1.82) is 0 Å². The lowest BCUT2D eigenvalue weighted by Gasteiger charge is -2.57. The van der Waals surface area contributed by atoms with Gasteiger partial charge in [0.05, 0.1) is 18.3 Å². The van der Waals surface area contributed by atoms with Gasteiger partial charge < -0.3 is 14.9 Å². The van der Waals surface area contributed by atoms with Gasteiger partial charge in [0, 0.05) is 12.5 Å². The maximum absolute atomic E-state index is 10.6. The predicted octanol–water partition coefficient (Wildman–Crippen LogP) is 3.07. The number of allylic oxidation sites excluding steroid dienone is 1. The zero-order valence-electron chi connectivity index (χ0n) is 14.5. The Hall–Kier alpha value is -0.640. The largest absolute Gasteiger partial charge is 0.393 e. The molecule has 0 heterocycles. The van der Waals surface area contributed by atoms with E-state index in [2.05, 4.69) is 26.0 Å². The summed E-state index contributed by atoms with van der Waals surface area (Å²) in [6, 6.07) is 0. The van der Waals surface area contributed by atoms with E-state index in [1.165, 1.54) is 5.57 Å². The lowest BCUT2D eigenvalue weighted by atomic mass is 9.48. The van der Waals surface area contributed by atoms with Gasteiger partial charge in [0.15, 0.2) is 0 Å². The first-order valence-corrected chi connectivity index (χ1v) is 9.19. The van der Waals surface area contributed by atoms with Crippen LogP contribution in [0.15, 0.2) is 23.8 Å². The quantitative estimate of drug-likeness (QED) is 0.731. The Bertz CT molecular complexity index is 553. The average Bonchev–Trinajstić information content (AvgIpc) is 2.83. The number of ether oxygens (including phenoxy) is 1. The fourth-order valence-electron chi connectivity index (χ4n) is 6.40. The summed E-state index contributed by atoms with van der Waals surface area (Å²) in [7, 11) is 1.81. The summed E-state index contributed by atoms with van der Waals surface area (Å²) in [6.45, 7) is 4.64. The summed E-state index contributed by atoms with van der Waals surface area (Å²) in [4.78, 5) is 0. The van der Waals surface area contributed by atoms with Crippen LogP contribution in [0.1, 0.15) is 46.0 Å². The lowest BCUT2D eigenvalue weighted by molar-refractivity contribution is -0.0993. The molecule has 0 aromatic rings. The van der Waals surface area contributed by atoms with E-state index >= 15 is 0 Å². The van der Waals surface area contributed by atoms with Gasteiger partial charge in [-0.15, -0.1) is 0 Å². The molecule has 0 bridgehead atoms. The fraction of sp³-hybridized carbons (Fsp3) is 0.800. The molecule has 3 nitrogen and oxygen atoms in total. The van der Waals surface area contributed by atoms with Gasteiger partial charge in [0.2, 0.25) is 0 Å². The minimum Gasteiger partial charge on any atom is -0.393 e. The van der Waals surface area contributed by atoms with Gasteiger partial charge in [-0.05, 0) is 55.3 Å². The molecular weight excluding hydrogens is 288 g/mol. The number of rotatable bonds is 1. The number of methoxy groups -OCH3 is 1. The Morgan fingerprint density at radius 3 is 2.65 bits per heavy atom. The van der Waals surface area contributed by atoms with Crippen LogP contribution in [0.3, 0.4) is 0 Å². The van der Waals surface area contributed by atoms with Crippen molar-refractivity contribution in [3.63, 3.8) is 0 Å².